The molecule has 2 aromatic rings. The first-order chi connectivity index (χ1) is 12.2. The number of H-pyrrole nitrogens is 1. The number of carbonyl (C=O) groups is 1. The van der Waals surface area contributed by atoms with Crippen LogP contribution in [-0.2, 0) is 11.2 Å². The van der Waals surface area contributed by atoms with Gasteiger partial charge in [-0.3, -0.25) is 9.89 Å². The average molecular weight is 341 g/mol. The first-order valence-corrected chi connectivity index (χ1v) is 8.87. The minimum absolute atomic E-state index is 0.161. The van der Waals surface area contributed by atoms with Crippen molar-refractivity contribution in [1.29, 1.82) is 0 Å². The van der Waals surface area contributed by atoms with Crippen LogP contribution in [0.5, 0.6) is 11.5 Å². The molecule has 1 aromatic heterocycles. The van der Waals surface area contributed by atoms with Gasteiger partial charge in [0.05, 0.1) is 12.1 Å². The fraction of sp³-hybridized carbons (Fsp3) is 0.474. The molecule has 6 nitrogen and oxygen atoms in total. The first kappa shape index (κ1) is 16.0. The molecule has 3 heterocycles. The van der Waals surface area contributed by atoms with Gasteiger partial charge in [-0.25, -0.2) is 0 Å². The Kier molecular flexibility index (Phi) is 4.34. The zero-order chi connectivity index (χ0) is 17.2. The smallest absolute Gasteiger partial charge is 0.227 e. The Bertz CT molecular complexity index is 771. The third kappa shape index (κ3) is 3.48. The molecule has 1 aromatic carbocycles. The van der Waals surface area contributed by atoms with Crippen molar-refractivity contribution in [3.05, 3.63) is 41.2 Å². The minimum Gasteiger partial charge on any atom is -0.486 e. The molecular weight excluding hydrogens is 318 g/mol. The van der Waals surface area contributed by atoms with Crippen LogP contribution in [0.15, 0.2) is 24.3 Å². The van der Waals surface area contributed by atoms with E-state index in [-0.39, 0.29) is 5.91 Å². The summed E-state index contributed by atoms with van der Waals surface area (Å²) >= 11 is 0. The van der Waals surface area contributed by atoms with E-state index in [2.05, 4.69) is 16.3 Å². The predicted molar refractivity (Wildman–Crippen MR) is 93.0 cm³/mol. The number of hydrogen-bond donors (Lipinski definition) is 1. The molecule has 2 aliphatic rings. The Hall–Kier alpha value is -2.50. The first-order valence-electron chi connectivity index (χ1n) is 8.87. The molecule has 1 amide bonds. The number of benzene rings is 1. The number of nitrogens with one attached hydrogen (secondary N) is 1. The molecule has 1 saturated heterocycles. The monoisotopic (exact) mass is 341 g/mol. The van der Waals surface area contributed by atoms with E-state index in [0.717, 1.165) is 54.4 Å². The Morgan fingerprint density at radius 1 is 1.28 bits per heavy atom. The maximum absolute atomic E-state index is 12.7. The second-order valence-corrected chi connectivity index (χ2v) is 6.81. The molecule has 25 heavy (non-hydrogen) atoms. The summed E-state index contributed by atoms with van der Waals surface area (Å²) in [6.07, 6.45) is 2.49. The summed E-state index contributed by atoms with van der Waals surface area (Å²) < 4.78 is 11.1. The second-order valence-electron chi connectivity index (χ2n) is 6.81. The highest BCUT2D eigenvalue weighted by Gasteiger charge is 2.26. The Labute approximate surface area is 147 Å². The molecule has 0 unspecified atom stereocenters. The number of aromatic amines is 1. The van der Waals surface area contributed by atoms with E-state index in [4.69, 9.17) is 9.47 Å². The van der Waals surface area contributed by atoms with Gasteiger partial charge in [0.25, 0.3) is 0 Å². The number of aromatic nitrogens is 2. The molecule has 6 heteroatoms. The number of amides is 1. The largest absolute Gasteiger partial charge is 0.486 e. The van der Waals surface area contributed by atoms with E-state index in [1.54, 1.807) is 0 Å². The number of carbonyl (C=O) groups excluding carboxylic acids is 1. The van der Waals surface area contributed by atoms with Gasteiger partial charge in [0, 0.05) is 24.7 Å². The molecule has 0 spiro atoms. The molecule has 0 radical (unpaired) electrons. The highest BCUT2D eigenvalue weighted by Crippen LogP contribution is 2.31. The van der Waals surface area contributed by atoms with Crippen LogP contribution in [0.4, 0.5) is 0 Å². The van der Waals surface area contributed by atoms with Crippen molar-refractivity contribution in [2.75, 3.05) is 26.3 Å². The van der Waals surface area contributed by atoms with Crippen LogP contribution < -0.4 is 9.47 Å². The molecular formula is C19H23N3O3. The number of rotatable bonds is 3. The normalized spacial score (nSPS) is 19.7. The van der Waals surface area contributed by atoms with Crippen molar-refractivity contribution in [1.82, 2.24) is 15.1 Å². The fourth-order valence-corrected chi connectivity index (χ4v) is 3.58. The van der Waals surface area contributed by atoms with Crippen LogP contribution in [-0.4, -0.2) is 47.3 Å². The van der Waals surface area contributed by atoms with Crippen molar-refractivity contribution < 1.29 is 14.3 Å². The lowest BCUT2D eigenvalue weighted by atomic mass is 9.94. The molecule has 0 saturated carbocycles. The molecule has 1 N–H and O–H groups in total. The van der Waals surface area contributed by atoms with Gasteiger partial charge in [0.15, 0.2) is 11.5 Å². The second kappa shape index (κ2) is 6.78. The van der Waals surface area contributed by atoms with Gasteiger partial charge in [-0.15, -0.1) is 0 Å². The van der Waals surface area contributed by atoms with Gasteiger partial charge in [-0.1, -0.05) is 6.07 Å². The summed E-state index contributed by atoms with van der Waals surface area (Å²) in [5.41, 5.74) is 3.09. The van der Waals surface area contributed by atoms with Crippen molar-refractivity contribution in [2.45, 2.75) is 32.1 Å². The predicted octanol–water partition coefficient (Wildman–Crippen LogP) is 2.44. The summed E-state index contributed by atoms with van der Waals surface area (Å²) in [6.45, 7) is 4.70. The van der Waals surface area contributed by atoms with Crippen molar-refractivity contribution >= 4 is 5.91 Å². The average Bonchev–Trinajstić information content (AvgIpc) is 3.08. The maximum Gasteiger partial charge on any atom is 0.227 e. The van der Waals surface area contributed by atoms with E-state index in [0.29, 0.717) is 25.6 Å². The summed E-state index contributed by atoms with van der Waals surface area (Å²) in [4.78, 5) is 14.7. The van der Waals surface area contributed by atoms with Crippen LogP contribution in [0.2, 0.25) is 0 Å². The number of fused-ring (bicyclic) bond motifs is 1. The van der Waals surface area contributed by atoms with Gasteiger partial charge >= 0.3 is 0 Å². The van der Waals surface area contributed by atoms with Gasteiger partial charge in [-0.05, 0) is 43.5 Å². The minimum atomic E-state index is 0.161. The lowest BCUT2D eigenvalue weighted by Crippen LogP contribution is -2.40. The van der Waals surface area contributed by atoms with E-state index in [1.165, 1.54) is 0 Å². The summed E-state index contributed by atoms with van der Waals surface area (Å²) in [5.74, 6) is 1.98. The number of aryl methyl sites for hydroxylation is 1. The van der Waals surface area contributed by atoms with Crippen LogP contribution in [0.25, 0.3) is 0 Å². The third-order valence-corrected chi connectivity index (χ3v) is 4.88. The van der Waals surface area contributed by atoms with E-state index in [1.807, 2.05) is 30.0 Å². The molecule has 132 valence electrons. The lowest BCUT2D eigenvalue weighted by molar-refractivity contribution is -0.131. The Morgan fingerprint density at radius 2 is 2.12 bits per heavy atom. The van der Waals surface area contributed by atoms with Gasteiger partial charge in [-0.2, -0.15) is 5.10 Å². The zero-order valence-corrected chi connectivity index (χ0v) is 14.5. The van der Waals surface area contributed by atoms with E-state index >= 15 is 0 Å². The van der Waals surface area contributed by atoms with Crippen molar-refractivity contribution in [3.63, 3.8) is 0 Å². The topological polar surface area (TPSA) is 67.5 Å². The number of nitrogens with zero attached hydrogens (tertiary/aromatic N) is 2. The summed E-state index contributed by atoms with van der Waals surface area (Å²) in [6, 6.07) is 7.84. The molecule has 2 aliphatic heterocycles. The van der Waals surface area contributed by atoms with Crippen molar-refractivity contribution in [3.8, 4) is 11.5 Å². The van der Waals surface area contributed by atoms with Crippen LogP contribution >= 0.6 is 0 Å². The summed E-state index contributed by atoms with van der Waals surface area (Å²) in [7, 11) is 0. The maximum atomic E-state index is 12.7. The highest BCUT2D eigenvalue weighted by molar-refractivity contribution is 5.79. The van der Waals surface area contributed by atoms with Gasteiger partial charge < -0.3 is 14.4 Å². The molecule has 1 fully saturated rings. The number of likely N-dealkylation sites (tertiary alicyclic amines) is 1. The van der Waals surface area contributed by atoms with E-state index in [9.17, 15) is 4.79 Å². The standard InChI is InChI=1S/C19H23N3O3/c1-13-9-16(21-20-13)15-3-2-6-22(12-15)19(23)11-14-4-5-17-18(10-14)25-8-7-24-17/h4-5,9-10,15H,2-3,6-8,11-12H2,1H3,(H,20,21)/t15-/m0/s1. The quantitative estimate of drug-likeness (QED) is 0.931. The number of hydrogen-bond acceptors (Lipinski definition) is 4. The third-order valence-electron chi connectivity index (χ3n) is 4.88. The highest BCUT2D eigenvalue weighted by atomic mass is 16.6. The van der Waals surface area contributed by atoms with Crippen LogP contribution in [0, 0.1) is 6.92 Å². The lowest BCUT2D eigenvalue weighted by Gasteiger charge is -2.32. The van der Waals surface area contributed by atoms with Gasteiger partial charge in [0.1, 0.15) is 13.2 Å². The van der Waals surface area contributed by atoms with Crippen LogP contribution in [0.3, 0.4) is 0 Å². The van der Waals surface area contributed by atoms with E-state index < -0.39 is 0 Å². The van der Waals surface area contributed by atoms with Gasteiger partial charge in [0.2, 0.25) is 5.91 Å². The SMILES string of the molecule is Cc1cc([C@H]2CCCN(C(=O)Cc3ccc4c(c3)OCCO4)C2)n[nH]1. The summed E-state index contributed by atoms with van der Waals surface area (Å²) in [5, 5.41) is 7.37. The van der Waals surface area contributed by atoms with Crippen molar-refractivity contribution in [2.24, 2.45) is 0 Å². The molecule has 0 bridgehead atoms. The van der Waals surface area contributed by atoms with Crippen LogP contribution in [0.1, 0.15) is 35.7 Å². The number of piperidine rings is 1. The molecule has 4 rings (SSSR count). The molecule has 0 aliphatic carbocycles. The Morgan fingerprint density at radius 3 is 2.92 bits per heavy atom. The molecule has 1 atom stereocenters. The fourth-order valence-electron chi connectivity index (χ4n) is 3.58. The zero-order valence-electron chi connectivity index (χ0n) is 14.5. The Balaban J connectivity index is 1.42. The number of ether oxygens (including phenoxy) is 2.